The summed E-state index contributed by atoms with van der Waals surface area (Å²) < 4.78 is 5.56. The zero-order chi connectivity index (χ0) is 23.8. The van der Waals surface area contributed by atoms with Gasteiger partial charge in [-0.2, -0.15) is 0 Å². The molecule has 33 heavy (non-hydrogen) atoms. The second-order valence-corrected chi connectivity index (χ2v) is 8.66. The molecule has 3 N–H and O–H groups in total. The zero-order valence-electron chi connectivity index (χ0n) is 19.2. The standard InChI is InChI=1S/C26H32N2O5/c1-17(8-7-13-24(29)27-18(2)14-15-25(30)31)28-26(32)33-16-23-21-11-5-3-9-19(21)20-10-4-6-12-22(20)23/h3-6,9-12,17-18,23H,7-8,13-16H2,1-2H3,(H,27,29)(H,28,32)(H,30,31). The van der Waals surface area contributed by atoms with Crippen molar-refractivity contribution in [2.45, 2.75) is 64.0 Å². The molecule has 0 aromatic heterocycles. The summed E-state index contributed by atoms with van der Waals surface area (Å²) in [5, 5.41) is 14.3. The lowest BCUT2D eigenvalue weighted by molar-refractivity contribution is -0.137. The Labute approximate surface area is 194 Å². The van der Waals surface area contributed by atoms with Crippen LogP contribution in [0.3, 0.4) is 0 Å². The van der Waals surface area contributed by atoms with Crippen molar-refractivity contribution in [2.24, 2.45) is 0 Å². The van der Waals surface area contributed by atoms with Crippen molar-refractivity contribution in [3.63, 3.8) is 0 Å². The highest BCUT2D eigenvalue weighted by molar-refractivity contribution is 5.79. The Morgan fingerprint density at radius 2 is 1.45 bits per heavy atom. The van der Waals surface area contributed by atoms with E-state index < -0.39 is 12.1 Å². The summed E-state index contributed by atoms with van der Waals surface area (Å²) in [7, 11) is 0. The normalized spacial score (nSPS) is 14.0. The monoisotopic (exact) mass is 452 g/mol. The van der Waals surface area contributed by atoms with E-state index in [9.17, 15) is 14.4 Å². The van der Waals surface area contributed by atoms with E-state index in [-0.39, 0.29) is 36.9 Å². The number of alkyl carbamates (subject to hydrolysis) is 1. The Kier molecular flexibility index (Phi) is 8.46. The topological polar surface area (TPSA) is 105 Å². The Bertz CT molecular complexity index is 945. The van der Waals surface area contributed by atoms with Crippen molar-refractivity contribution >= 4 is 18.0 Å². The Hall–Kier alpha value is -3.35. The molecule has 0 aliphatic heterocycles. The number of carboxylic acid groups (broad SMARTS) is 1. The van der Waals surface area contributed by atoms with Crippen molar-refractivity contribution in [1.29, 1.82) is 0 Å². The van der Waals surface area contributed by atoms with Gasteiger partial charge in [0.2, 0.25) is 5.91 Å². The minimum Gasteiger partial charge on any atom is -0.481 e. The van der Waals surface area contributed by atoms with E-state index in [1.165, 1.54) is 22.3 Å². The fraction of sp³-hybridized carbons (Fsp3) is 0.423. The predicted octanol–water partition coefficient (Wildman–Crippen LogP) is 4.45. The molecule has 0 saturated carbocycles. The first-order valence-electron chi connectivity index (χ1n) is 11.5. The molecule has 0 heterocycles. The lowest BCUT2D eigenvalue weighted by atomic mass is 9.98. The molecular formula is C26H32N2O5. The molecule has 3 rings (SSSR count). The lowest BCUT2D eigenvalue weighted by Gasteiger charge is -2.17. The van der Waals surface area contributed by atoms with Crippen molar-refractivity contribution in [2.75, 3.05) is 6.61 Å². The maximum Gasteiger partial charge on any atom is 0.407 e. The second kappa shape index (κ2) is 11.5. The quantitative estimate of drug-likeness (QED) is 0.467. The van der Waals surface area contributed by atoms with E-state index in [1.807, 2.05) is 31.2 Å². The molecule has 7 nitrogen and oxygen atoms in total. The van der Waals surface area contributed by atoms with Crippen LogP contribution in [0.1, 0.15) is 63.0 Å². The minimum absolute atomic E-state index is 0.0188. The number of fused-ring (bicyclic) bond motifs is 3. The number of nitrogens with one attached hydrogen (secondary N) is 2. The van der Waals surface area contributed by atoms with Crippen LogP contribution in [0.4, 0.5) is 4.79 Å². The van der Waals surface area contributed by atoms with Crippen LogP contribution in [0.15, 0.2) is 48.5 Å². The van der Waals surface area contributed by atoms with Gasteiger partial charge in [-0.15, -0.1) is 0 Å². The fourth-order valence-corrected chi connectivity index (χ4v) is 4.24. The van der Waals surface area contributed by atoms with Gasteiger partial charge in [0.05, 0.1) is 0 Å². The fourth-order valence-electron chi connectivity index (χ4n) is 4.24. The van der Waals surface area contributed by atoms with Crippen molar-refractivity contribution < 1.29 is 24.2 Å². The molecule has 2 atom stereocenters. The highest BCUT2D eigenvalue weighted by atomic mass is 16.5. The average molecular weight is 453 g/mol. The summed E-state index contributed by atoms with van der Waals surface area (Å²) in [6.07, 6.45) is 1.55. The van der Waals surface area contributed by atoms with E-state index in [4.69, 9.17) is 9.84 Å². The number of rotatable bonds is 11. The SMILES string of the molecule is CC(CCC(=O)O)NC(=O)CCCC(C)NC(=O)OCC1c2ccccc2-c2ccccc21. The maximum atomic E-state index is 12.3. The first kappa shape index (κ1) is 24.3. The summed E-state index contributed by atoms with van der Waals surface area (Å²) in [5.74, 6) is -0.962. The second-order valence-electron chi connectivity index (χ2n) is 8.66. The van der Waals surface area contributed by atoms with Crippen LogP contribution in [-0.4, -0.2) is 41.8 Å². The molecule has 7 heteroatoms. The molecule has 0 fully saturated rings. The highest BCUT2D eigenvalue weighted by Crippen LogP contribution is 2.44. The third-order valence-corrected chi connectivity index (χ3v) is 5.95. The molecule has 2 unspecified atom stereocenters. The Balaban J connectivity index is 1.39. The van der Waals surface area contributed by atoms with E-state index in [1.54, 1.807) is 6.92 Å². The van der Waals surface area contributed by atoms with Crippen LogP contribution < -0.4 is 10.6 Å². The lowest BCUT2D eigenvalue weighted by Crippen LogP contribution is -2.35. The number of carbonyl (C=O) groups is 3. The van der Waals surface area contributed by atoms with Gasteiger partial charge in [-0.1, -0.05) is 48.5 Å². The molecule has 0 saturated heterocycles. The number of hydrogen-bond donors (Lipinski definition) is 3. The number of carbonyl (C=O) groups excluding carboxylic acids is 2. The molecule has 2 amide bonds. The van der Waals surface area contributed by atoms with Crippen molar-refractivity contribution in [3.8, 4) is 11.1 Å². The van der Waals surface area contributed by atoms with Gasteiger partial charge >= 0.3 is 12.1 Å². The van der Waals surface area contributed by atoms with Crippen molar-refractivity contribution in [1.82, 2.24) is 10.6 Å². The highest BCUT2D eigenvalue weighted by Gasteiger charge is 2.29. The van der Waals surface area contributed by atoms with Gasteiger partial charge in [-0.05, 0) is 55.4 Å². The van der Waals surface area contributed by atoms with Gasteiger partial charge in [0.15, 0.2) is 0 Å². The summed E-state index contributed by atoms with van der Waals surface area (Å²) in [4.78, 5) is 34.9. The van der Waals surface area contributed by atoms with Gasteiger partial charge in [0.1, 0.15) is 6.61 Å². The third kappa shape index (κ3) is 6.81. The molecule has 2 aromatic carbocycles. The molecular weight excluding hydrogens is 420 g/mol. The molecule has 1 aliphatic rings. The van der Waals surface area contributed by atoms with Gasteiger partial charge < -0.3 is 20.5 Å². The van der Waals surface area contributed by atoms with Crippen LogP contribution in [0.2, 0.25) is 0 Å². The number of amides is 2. The molecule has 1 aliphatic carbocycles. The molecule has 0 bridgehead atoms. The predicted molar refractivity (Wildman–Crippen MR) is 126 cm³/mol. The number of hydrogen-bond acceptors (Lipinski definition) is 4. The maximum absolute atomic E-state index is 12.3. The molecule has 0 radical (unpaired) electrons. The Morgan fingerprint density at radius 3 is 2.06 bits per heavy atom. The Morgan fingerprint density at radius 1 is 0.879 bits per heavy atom. The minimum atomic E-state index is -0.871. The van der Waals surface area contributed by atoms with Gasteiger partial charge in [0.25, 0.3) is 0 Å². The first-order valence-corrected chi connectivity index (χ1v) is 11.5. The van der Waals surface area contributed by atoms with Gasteiger partial charge in [-0.25, -0.2) is 4.79 Å². The summed E-state index contributed by atoms with van der Waals surface area (Å²) in [6.45, 7) is 3.94. The van der Waals surface area contributed by atoms with E-state index in [2.05, 4.69) is 34.9 Å². The molecule has 176 valence electrons. The van der Waals surface area contributed by atoms with Gasteiger partial charge in [0, 0.05) is 30.8 Å². The smallest absolute Gasteiger partial charge is 0.407 e. The van der Waals surface area contributed by atoms with Crippen LogP contribution in [0, 0.1) is 0 Å². The summed E-state index contributed by atoms with van der Waals surface area (Å²) >= 11 is 0. The van der Waals surface area contributed by atoms with Crippen LogP contribution in [-0.2, 0) is 14.3 Å². The zero-order valence-corrected chi connectivity index (χ0v) is 19.2. The number of benzene rings is 2. The van der Waals surface area contributed by atoms with E-state index >= 15 is 0 Å². The third-order valence-electron chi connectivity index (χ3n) is 5.95. The first-order chi connectivity index (χ1) is 15.8. The van der Waals surface area contributed by atoms with Crippen LogP contribution in [0.25, 0.3) is 11.1 Å². The van der Waals surface area contributed by atoms with Crippen LogP contribution in [0.5, 0.6) is 0 Å². The van der Waals surface area contributed by atoms with Gasteiger partial charge in [-0.3, -0.25) is 9.59 Å². The van der Waals surface area contributed by atoms with Crippen LogP contribution >= 0.6 is 0 Å². The largest absolute Gasteiger partial charge is 0.481 e. The molecule has 0 spiro atoms. The number of aliphatic carboxylic acids is 1. The molecule has 2 aromatic rings. The average Bonchev–Trinajstić information content (AvgIpc) is 3.10. The van der Waals surface area contributed by atoms with E-state index in [0.29, 0.717) is 25.7 Å². The van der Waals surface area contributed by atoms with Crippen molar-refractivity contribution in [3.05, 3.63) is 59.7 Å². The van der Waals surface area contributed by atoms with E-state index in [0.717, 1.165) is 0 Å². The number of carboxylic acids is 1. The summed E-state index contributed by atoms with van der Waals surface area (Å²) in [6, 6.07) is 16.1. The summed E-state index contributed by atoms with van der Waals surface area (Å²) in [5.41, 5.74) is 4.71. The number of ether oxygens (including phenoxy) is 1.